The molecule has 0 aliphatic rings. The second kappa shape index (κ2) is 9.82. The molecule has 6 heteroatoms. The molecule has 25 heavy (non-hydrogen) atoms. The number of hydrogen-bond donors (Lipinski definition) is 0. The van der Waals surface area contributed by atoms with Gasteiger partial charge >= 0.3 is 0 Å². The minimum atomic E-state index is 0.100. The first-order valence-corrected chi connectivity index (χ1v) is 10.1. The largest absolute Gasteiger partial charge is 0.490 e. The molecular formula is C19H24BrNO3S. The Balaban J connectivity index is 2.16. The van der Waals surface area contributed by atoms with Crippen molar-refractivity contribution in [3.05, 3.63) is 44.6 Å². The molecule has 1 heterocycles. The van der Waals surface area contributed by atoms with E-state index < -0.39 is 0 Å². The van der Waals surface area contributed by atoms with E-state index in [0.717, 1.165) is 10.0 Å². The number of likely N-dealkylation sites (N-methyl/N-ethyl adjacent to an activating group) is 1. The number of carbonyl (C=O) groups excluding carboxylic acids is 1. The molecule has 2 rings (SSSR count). The van der Waals surface area contributed by atoms with Gasteiger partial charge in [-0.2, -0.15) is 0 Å². The number of amides is 1. The van der Waals surface area contributed by atoms with Crippen LogP contribution in [0.5, 0.6) is 11.5 Å². The zero-order valence-corrected chi connectivity index (χ0v) is 17.3. The zero-order valence-electron chi connectivity index (χ0n) is 14.9. The number of halogens is 1. The topological polar surface area (TPSA) is 38.8 Å². The zero-order chi connectivity index (χ0) is 18.2. The van der Waals surface area contributed by atoms with Crippen LogP contribution in [0.2, 0.25) is 0 Å². The molecule has 0 aliphatic carbocycles. The van der Waals surface area contributed by atoms with E-state index in [2.05, 4.69) is 22.0 Å². The molecule has 2 aromatic rings. The van der Waals surface area contributed by atoms with Crippen molar-refractivity contribution in [3.8, 4) is 11.5 Å². The molecule has 0 spiro atoms. The standard InChI is InChI=1S/C19H24BrNO3S/c1-4-21(13-15-8-7-9-25-15)19(22)11-14-10-17(23-5-2)18(24-6-3)12-16(14)20/h7-10,12H,4-6,11,13H2,1-3H3. The molecule has 0 N–H and O–H groups in total. The van der Waals surface area contributed by atoms with Gasteiger partial charge in [-0.25, -0.2) is 0 Å². The van der Waals surface area contributed by atoms with E-state index in [1.165, 1.54) is 4.88 Å². The number of carbonyl (C=O) groups is 1. The third kappa shape index (κ3) is 5.47. The Morgan fingerprint density at radius 1 is 1.16 bits per heavy atom. The maximum atomic E-state index is 12.7. The summed E-state index contributed by atoms with van der Waals surface area (Å²) < 4.78 is 12.2. The minimum Gasteiger partial charge on any atom is -0.490 e. The van der Waals surface area contributed by atoms with Gasteiger partial charge in [0.1, 0.15) is 0 Å². The Hall–Kier alpha value is -1.53. The molecule has 0 aliphatic heterocycles. The van der Waals surface area contributed by atoms with Crippen LogP contribution < -0.4 is 9.47 Å². The van der Waals surface area contributed by atoms with Gasteiger partial charge in [0.2, 0.25) is 5.91 Å². The quantitative estimate of drug-likeness (QED) is 0.573. The number of thiophene rings is 1. The van der Waals surface area contributed by atoms with E-state index in [9.17, 15) is 4.79 Å². The first-order valence-electron chi connectivity index (χ1n) is 8.47. The molecule has 1 aromatic heterocycles. The average molecular weight is 426 g/mol. The molecule has 1 amide bonds. The summed E-state index contributed by atoms with van der Waals surface area (Å²) in [5.74, 6) is 1.47. The van der Waals surface area contributed by atoms with Gasteiger partial charge in [-0.15, -0.1) is 11.3 Å². The van der Waals surface area contributed by atoms with Crippen LogP contribution in [0.3, 0.4) is 0 Å². The fourth-order valence-corrected chi connectivity index (χ4v) is 3.67. The molecule has 0 fully saturated rings. The normalized spacial score (nSPS) is 10.6. The van der Waals surface area contributed by atoms with Crippen LogP contribution in [0.15, 0.2) is 34.1 Å². The summed E-state index contributed by atoms with van der Waals surface area (Å²) in [6.07, 6.45) is 0.326. The lowest BCUT2D eigenvalue weighted by atomic mass is 10.1. The van der Waals surface area contributed by atoms with Crippen LogP contribution in [-0.4, -0.2) is 30.6 Å². The number of hydrogen-bond acceptors (Lipinski definition) is 4. The highest BCUT2D eigenvalue weighted by Gasteiger charge is 2.17. The summed E-state index contributed by atoms with van der Waals surface area (Å²) in [5.41, 5.74) is 0.904. The van der Waals surface area contributed by atoms with Crippen molar-refractivity contribution in [2.45, 2.75) is 33.7 Å². The summed E-state index contributed by atoms with van der Waals surface area (Å²) in [7, 11) is 0. The molecule has 4 nitrogen and oxygen atoms in total. The Morgan fingerprint density at radius 2 is 1.84 bits per heavy atom. The van der Waals surface area contributed by atoms with Gasteiger partial charge < -0.3 is 14.4 Å². The second-order valence-electron chi connectivity index (χ2n) is 5.42. The van der Waals surface area contributed by atoms with Crippen molar-refractivity contribution in [2.24, 2.45) is 0 Å². The third-order valence-electron chi connectivity index (χ3n) is 3.72. The van der Waals surface area contributed by atoms with Crippen LogP contribution >= 0.6 is 27.3 Å². The summed E-state index contributed by atoms with van der Waals surface area (Å²) >= 11 is 5.23. The highest BCUT2D eigenvalue weighted by molar-refractivity contribution is 9.10. The van der Waals surface area contributed by atoms with Crippen LogP contribution in [0.1, 0.15) is 31.2 Å². The monoisotopic (exact) mass is 425 g/mol. The highest BCUT2D eigenvalue weighted by atomic mass is 79.9. The molecule has 0 atom stereocenters. The van der Waals surface area contributed by atoms with Gasteiger partial charge in [0, 0.05) is 15.9 Å². The first kappa shape index (κ1) is 19.8. The maximum Gasteiger partial charge on any atom is 0.227 e. The molecule has 0 bridgehead atoms. The maximum absolute atomic E-state index is 12.7. The molecule has 0 radical (unpaired) electrons. The van der Waals surface area contributed by atoms with Crippen LogP contribution in [0.25, 0.3) is 0 Å². The van der Waals surface area contributed by atoms with E-state index in [1.807, 2.05) is 49.3 Å². The Labute approximate surface area is 161 Å². The fraction of sp³-hybridized carbons (Fsp3) is 0.421. The van der Waals surface area contributed by atoms with Gasteiger partial charge in [-0.05, 0) is 49.9 Å². The van der Waals surface area contributed by atoms with Gasteiger partial charge in [-0.3, -0.25) is 4.79 Å². The molecule has 0 saturated carbocycles. The first-order chi connectivity index (χ1) is 12.1. The van der Waals surface area contributed by atoms with Crippen molar-refractivity contribution in [1.82, 2.24) is 4.90 Å². The van der Waals surface area contributed by atoms with Gasteiger partial charge in [0.25, 0.3) is 0 Å². The van der Waals surface area contributed by atoms with Crippen molar-refractivity contribution < 1.29 is 14.3 Å². The summed E-state index contributed by atoms with van der Waals surface area (Å²) in [6.45, 7) is 8.32. The second-order valence-corrected chi connectivity index (χ2v) is 7.31. The van der Waals surface area contributed by atoms with Crippen molar-refractivity contribution in [1.29, 1.82) is 0 Å². The number of benzene rings is 1. The molecule has 0 unspecified atom stereocenters. The van der Waals surface area contributed by atoms with E-state index >= 15 is 0 Å². The molecule has 1 aromatic carbocycles. The van der Waals surface area contributed by atoms with E-state index in [0.29, 0.717) is 44.2 Å². The van der Waals surface area contributed by atoms with Gasteiger partial charge in [0.05, 0.1) is 26.2 Å². The number of nitrogens with zero attached hydrogens (tertiary/aromatic N) is 1. The van der Waals surface area contributed by atoms with Crippen molar-refractivity contribution in [2.75, 3.05) is 19.8 Å². The summed E-state index contributed by atoms with van der Waals surface area (Å²) in [6, 6.07) is 7.85. The molecule has 0 saturated heterocycles. The Kier molecular flexibility index (Phi) is 7.78. The minimum absolute atomic E-state index is 0.100. The van der Waals surface area contributed by atoms with Crippen molar-refractivity contribution in [3.63, 3.8) is 0 Å². The molecular weight excluding hydrogens is 402 g/mol. The van der Waals surface area contributed by atoms with Gasteiger partial charge in [-0.1, -0.05) is 22.0 Å². The van der Waals surface area contributed by atoms with Crippen LogP contribution in [0.4, 0.5) is 0 Å². The summed E-state index contributed by atoms with van der Waals surface area (Å²) in [5, 5.41) is 2.03. The third-order valence-corrected chi connectivity index (χ3v) is 5.31. The lowest BCUT2D eigenvalue weighted by Gasteiger charge is -2.21. The Bertz CT molecular complexity index is 688. The van der Waals surface area contributed by atoms with E-state index in [-0.39, 0.29) is 5.91 Å². The number of rotatable bonds is 9. The van der Waals surface area contributed by atoms with Crippen LogP contribution in [-0.2, 0) is 17.8 Å². The lowest BCUT2D eigenvalue weighted by molar-refractivity contribution is -0.130. The smallest absolute Gasteiger partial charge is 0.227 e. The summed E-state index contributed by atoms with van der Waals surface area (Å²) in [4.78, 5) is 15.8. The predicted molar refractivity (Wildman–Crippen MR) is 106 cm³/mol. The average Bonchev–Trinajstić information content (AvgIpc) is 3.10. The highest BCUT2D eigenvalue weighted by Crippen LogP contribution is 2.34. The van der Waals surface area contributed by atoms with Crippen molar-refractivity contribution >= 4 is 33.2 Å². The SMILES string of the molecule is CCOc1cc(Br)c(CC(=O)N(CC)Cc2cccs2)cc1OCC. The van der Waals surface area contributed by atoms with E-state index in [4.69, 9.17) is 9.47 Å². The lowest BCUT2D eigenvalue weighted by Crippen LogP contribution is -2.31. The molecule has 136 valence electrons. The number of ether oxygens (including phenoxy) is 2. The fourth-order valence-electron chi connectivity index (χ4n) is 2.49. The predicted octanol–water partition coefficient (Wildman–Crippen LogP) is 4.90. The van der Waals surface area contributed by atoms with Gasteiger partial charge in [0.15, 0.2) is 11.5 Å². The van der Waals surface area contributed by atoms with Crippen LogP contribution in [0, 0.1) is 0 Å². The Morgan fingerprint density at radius 3 is 2.40 bits per heavy atom. The van der Waals surface area contributed by atoms with E-state index in [1.54, 1.807) is 11.3 Å².